The van der Waals surface area contributed by atoms with E-state index in [-0.39, 0.29) is 5.91 Å². The summed E-state index contributed by atoms with van der Waals surface area (Å²) in [5, 5.41) is 5.27. The van der Waals surface area contributed by atoms with Crippen molar-refractivity contribution in [3.8, 4) is 0 Å². The molecule has 18 heavy (non-hydrogen) atoms. The fourth-order valence-electron chi connectivity index (χ4n) is 2.32. The molecule has 1 aromatic rings. The molecule has 1 aliphatic heterocycles. The van der Waals surface area contributed by atoms with Crippen LogP contribution in [-0.2, 0) is 6.54 Å². The Kier molecular flexibility index (Phi) is 4.74. The maximum atomic E-state index is 11.0. The van der Waals surface area contributed by atoms with Gasteiger partial charge in [-0.2, -0.15) is 0 Å². The van der Waals surface area contributed by atoms with Gasteiger partial charge in [-0.05, 0) is 38.9 Å². The predicted octanol–water partition coefficient (Wildman–Crippen LogP) is 1.42. The summed E-state index contributed by atoms with van der Waals surface area (Å²) in [6, 6.07) is 2.46. The fraction of sp³-hybridized carbons (Fsp3) is 0.615. The van der Waals surface area contributed by atoms with Gasteiger partial charge in [0.2, 0.25) is 5.91 Å². The minimum atomic E-state index is -0.345. The zero-order chi connectivity index (χ0) is 13.0. The third-order valence-corrected chi connectivity index (χ3v) is 4.38. The summed E-state index contributed by atoms with van der Waals surface area (Å²) < 4.78 is 0. The Hall–Kier alpha value is -0.910. The van der Waals surface area contributed by atoms with E-state index in [1.807, 2.05) is 11.4 Å². The second-order valence-electron chi connectivity index (χ2n) is 4.89. The van der Waals surface area contributed by atoms with Gasteiger partial charge in [0.25, 0.3) is 0 Å². The second kappa shape index (κ2) is 6.31. The molecule has 0 aliphatic carbocycles. The summed E-state index contributed by atoms with van der Waals surface area (Å²) in [5.74, 6) is -0.345. The van der Waals surface area contributed by atoms with Gasteiger partial charge in [0.1, 0.15) is 0 Å². The van der Waals surface area contributed by atoms with Crippen molar-refractivity contribution >= 4 is 17.2 Å². The molecular weight excluding hydrogens is 246 g/mol. The number of nitrogens with zero attached hydrogens (tertiary/aromatic N) is 1. The number of carbonyl (C=O) groups excluding carboxylic acids is 1. The maximum Gasteiger partial charge on any atom is 0.249 e. The van der Waals surface area contributed by atoms with Crippen LogP contribution in [0.25, 0.3) is 0 Å². The molecule has 0 bridgehead atoms. The largest absolute Gasteiger partial charge is 0.366 e. The van der Waals surface area contributed by atoms with E-state index in [1.54, 1.807) is 11.3 Å². The molecule has 0 aromatic carbocycles. The van der Waals surface area contributed by atoms with E-state index in [9.17, 15) is 4.79 Å². The van der Waals surface area contributed by atoms with E-state index < -0.39 is 0 Å². The normalized spacial score (nSPS) is 18.1. The molecule has 1 aliphatic rings. The van der Waals surface area contributed by atoms with Crippen LogP contribution in [0.1, 0.15) is 35.0 Å². The zero-order valence-electron chi connectivity index (χ0n) is 10.8. The Balaban J connectivity index is 1.72. The van der Waals surface area contributed by atoms with Gasteiger partial charge < -0.3 is 11.1 Å². The molecule has 1 aromatic heterocycles. The van der Waals surface area contributed by atoms with Crippen LogP contribution in [-0.4, -0.2) is 36.5 Å². The Labute approximate surface area is 112 Å². The third-order valence-electron chi connectivity index (χ3n) is 3.44. The highest BCUT2D eigenvalue weighted by Crippen LogP contribution is 2.14. The summed E-state index contributed by atoms with van der Waals surface area (Å²) >= 11 is 1.58. The molecule has 0 spiro atoms. The molecule has 1 saturated heterocycles. The molecule has 5 heteroatoms. The first-order valence-electron chi connectivity index (χ1n) is 6.49. The monoisotopic (exact) mass is 267 g/mol. The van der Waals surface area contributed by atoms with E-state index in [1.165, 1.54) is 25.9 Å². The van der Waals surface area contributed by atoms with Crippen LogP contribution in [0.5, 0.6) is 0 Å². The summed E-state index contributed by atoms with van der Waals surface area (Å²) in [6.45, 7) is 6.53. The lowest BCUT2D eigenvalue weighted by Gasteiger charge is -2.23. The number of nitrogens with one attached hydrogen (secondary N) is 1. The number of likely N-dealkylation sites (tertiary alicyclic amines) is 1. The Morgan fingerprint density at radius 2 is 2.28 bits per heavy atom. The first-order chi connectivity index (χ1) is 8.66. The first-order valence-corrected chi connectivity index (χ1v) is 7.37. The van der Waals surface area contributed by atoms with Gasteiger partial charge in [-0.3, -0.25) is 9.69 Å². The topological polar surface area (TPSA) is 58.4 Å². The quantitative estimate of drug-likeness (QED) is 0.819. The van der Waals surface area contributed by atoms with Gasteiger partial charge in [-0.25, -0.2) is 0 Å². The fourth-order valence-corrected chi connectivity index (χ4v) is 3.16. The van der Waals surface area contributed by atoms with Gasteiger partial charge in [-0.15, -0.1) is 11.3 Å². The highest BCUT2D eigenvalue weighted by atomic mass is 32.1. The molecule has 4 nitrogen and oxygen atoms in total. The van der Waals surface area contributed by atoms with Crippen molar-refractivity contribution in [3.63, 3.8) is 0 Å². The number of rotatable bonds is 6. The number of nitrogens with two attached hydrogens (primary N) is 1. The summed E-state index contributed by atoms with van der Waals surface area (Å²) in [6.07, 6.45) is 2.66. The third kappa shape index (κ3) is 3.54. The van der Waals surface area contributed by atoms with Crippen LogP contribution in [0.3, 0.4) is 0 Å². The Morgan fingerprint density at radius 1 is 1.56 bits per heavy atom. The van der Waals surface area contributed by atoms with Crippen molar-refractivity contribution in [1.29, 1.82) is 0 Å². The van der Waals surface area contributed by atoms with Crippen LogP contribution in [0.4, 0.5) is 0 Å². The average molecular weight is 267 g/mol. The number of hydrogen-bond acceptors (Lipinski definition) is 4. The van der Waals surface area contributed by atoms with Crippen molar-refractivity contribution in [2.45, 2.75) is 32.4 Å². The average Bonchev–Trinajstić information content (AvgIpc) is 3.00. The van der Waals surface area contributed by atoms with Crippen LogP contribution < -0.4 is 11.1 Å². The van der Waals surface area contributed by atoms with Crippen molar-refractivity contribution < 1.29 is 4.79 Å². The van der Waals surface area contributed by atoms with Crippen molar-refractivity contribution in [2.24, 2.45) is 5.73 Å². The smallest absolute Gasteiger partial charge is 0.249 e. The van der Waals surface area contributed by atoms with E-state index in [0.29, 0.717) is 11.6 Å². The molecule has 2 rings (SSSR count). The molecule has 1 atom stereocenters. The van der Waals surface area contributed by atoms with Gasteiger partial charge in [0, 0.05) is 29.4 Å². The van der Waals surface area contributed by atoms with Gasteiger partial charge in [0.05, 0.1) is 5.56 Å². The number of primary amides is 1. The van der Waals surface area contributed by atoms with Gasteiger partial charge in [-0.1, -0.05) is 0 Å². The number of hydrogen-bond donors (Lipinski definition) is 2. The number of thiophene rings is 1. The summed E-state index contributed by atoms with van der Waals surface area (Å²) in [7, 11) is 0. The number of amides is 1. The Morgan fingerprint density at radius 3 is 2.89 bits per heavy atom. The maximum absolute atomic E-state index is 11.0. The van der Waals surface area contributed by atoms with E-state index in [4.69, 9.17) is 5.73 Å². The molecule has 1 fully saturated rings. The van der Waals surface area contributed by atoms with Gasteiger partial charge >= 0.3 is 0 Å². The minimum absolute atomic E-state index is 0.345. The SMILES string of the molecule is CC(CNCc1cc(C(N)=O)cs1)N1CCCC1. The summed E-state index contributed by atoms with van der Waals surface area (Å²) in [5.41, 5.74) is 5.84. The minimum Gasteiger partial charge on any atom is -0.366 e. The molecule has 1 amide bonds. The van der Waals surface area contributed by atoms with Crippen LogP contribution in [0.15, 0.2) is 11.4 Å². The standard InChI is InChI=1S/C13H21N3OS/c1-10(16-4-2-3-5-16)7-15-8-12-6-11(9-18-12)13(14)17/h6,9-10,15H,2-5,7-8H2,1H3,(H2,14,17). The van der Waals surface area contributed by atoms with Crippen LogP contribution in [0.2, 0.25) is 0 Å². The van der Waals surface area contributed by atoms with Crippen LogP contribution >= 0.6 is 11.3 Å². The molecule has 2 heterocycles. The van der Waals surface area contributed by atoms with Crippen molar-refractivity contribution in [2.75, 3.05) is 19.6 Å². The lowest BCUT2D eigenvalue weighted by molar-refractivity contribution is 0.100. The van der Waals surface area contributed by atoms with E-state index in [0.717, 1.165) is 18.0 Å². The van der Waals surface area contributed by atoms with Gasteiger partial charge in [0.15, 0.2) is 0 Å². The molecule has 0 saturated carbocycles. The lowest BCUT2D eigenvalue weighted by atomic mass is 10.3. The zero-order valence-corrected chi connectivity index (χ0v) is 11.6. The predicted molar refractivity (Wildman–Crippen MR) is 74.8 cm³/mol. The molecule has 0 radical (unpaired) electrons. The van der Waals surface area contributed by atoms with E-state index in [2.05, 4.69) is 17.1 Å². The summed E-state index contributed by atoms with van der Waals surface area (Å²) in [4.78, 5) is 14.7. The highest BCUT2D eigenvalue weighted by Gasteiger charge is 2.17. The Bertz CT molecular complexity index is 399. The molecule has 1 unspecified atom stereocenters. The molecule has 3 N–H and O–H groups in total. The second-order valence-corrected chi connectivity index (χ2v) is 5.88. The lowest BCUT2D eigenvalue weighted by Crippen LogP contribution is -2.38. The van der Waals surface area contributed by atoms with Crippen LogP contribution in [0, 0.1) is 0 Å². The van der Waals surface area contributed by atoms with Crippen molar-refractivity contribution in [3.05, 3.63) is 21.9 Å². The van der Waals surface area contributed by atoms with E-state index >= 15 is 0 Å². The molecular formula is C13H21N3OS. The first kappa shape index (κ1) is 13.5. The molecule has 100 valence electrons. The highest BCUT2D eigenvalue weighted by molar-refractivity contribution is 7.10. The van der Waals surface area contributed by atoms with Crippen molar-refractivity contribution in [1.82, 2.24) is 10.2 Å². The number of carbonyl (C=O) groups is 1.